The zero-order valence-corrected chi connectivity index (χ0v) is 14.1. The van der Waals surface area contributed by atoms with Crippen LogP contribution in [0.2, 0.25) is 0 Å². The number of methoxy groups -OCH3 is 2. The molecular weight excluding hydrogens is 296 g/mol. The molecule has 0 unspecified atom stereocenters. The number of ether oxygens (including phenoxy) is 2. The van der Waals surface area contributed by atoms with E-state index in [0.29, 0.717) is 30.2 Å². The molecule has 0 radical (unpaired) electrons. The van der Waals surface area contributed by atoms with E-state index in [2.05, 4.69) is 5.32 Å². The number of carbonyl (C=O) groups excluding carboxylic acids is 2. The molecule has 2 rings (SSSR count). The van der Waals surface area contributed by atoms with Crippen molar-refractivity contribution in [3.63, 3.8) is 0 Å². The standard InChI is InChI=1S/C17H24N2O4/c1-5-11(2)18-16(20)15-6-7-19(17(15)21)12-8-13(22-3)10-14(9-12)23-4/h8-11,15H,5-7H2,1-4H3,(H,18,20)/t11-,15-/m0/s1. The van der Waals surface area contributed by atoms with Crippen LogP contribution in [-0.2, 0) is 9.59 Å². The Morgan fingerprint density at radius 2 is 1.91 bits per heavy atom. The molecule has 2 atom stereocenters. The fourth-order valence-corrected chi connectivity index (χ4v) is 2.57. The van der Waals surface area contributed by atoms with Crippen molar-refractivity contribution < 1.29 is 19.1 Å². The zero-order chi connectivity index (χ0) is 17.0. The molecule has 2 amide bonds. The number of hydrogen-bond acceptors (Lipinski definition) is 4. The largest absolute Gasteiger partial charge is 0.497 e. The van der Waals surface area contributed by atoms with Crippen molar-refractivity contribution in [1.82, 2.24) is 5.32 Å². The first kappa shape index (κ1) is 17.1. The van der Waals surface area contributed by atoms with Crippen molar-refractivity contribution in [2.45, 2.75) is 32.7 Å². The molecule has 1 aromatic carbocycles. The van der Waals surface area contributed by atoms with Crippen LogP contribution in [-0.4, -0.2) is 38.6 Å². The van der Waals surface area contributed by atoms with E-state index in [1.165, 1.54) is 0 Å². The van der Waals surface area contributed by atoms with Crippen molar-refractivity contribution in [3.8, 4) is 11.5 Å². The third-order valence-electron chi connectivity index (χ3n) is 4.17. The Balaban J connectivity index is 2.17. The molecular formula is C17H24N2O4. The minimum absolute atomic E-state index is 0.0706. The SMILES string of the molecule is CC[C@H](C)NC(=O)[C@@H]1CCN(c2cc(OC)cc(OC)c2)C1=O. The summed E-state index contributed by atoms with van der Waals surface area (Å²) < 4.78 is 10.5. The number of rotatable bonds is 6. The molecule has 1 saturated heterocycles. The maximum Gasteiger partial charge on any atom is 0.239 e. The van der Waals surface area contributed by atoms with E-state index >= 15 is 0 Å². The van der Waals surface area contributed by atoms with E-state index in [0.717, 1.165) is 6.42 Å². The molecule has 1 aliphatic heterocycles. The van der Waals surface area contributed by atoms with E-state index in [1.54, 1.807) is 37.3 Å². The van der Waals surface area contributed by atoms with Crippen LogP contribution in [0.4, 0.5) is 5.69 Å². The summed E-state index contributed by atoms with van der Waals surface area (Å²) >= 11 is 0. The third kappa shape index (κ3) is 3.75. The lowest BCUT2D eigenvalue weighted by atomic mass is 10.1. The number of amides is 2. The van der Waals surface area contributed by atoms with Gasteiger partial charge in [0.2, 0.25) is 11.8 Å². The van der Waals surface area contributed by atoms with E-state index in [1.807, 2.05) is 13.8 Å². The number of anilines is 1. The van der Waals surface area contributed by atoms with Crippen LogP contribution in [0.15, 0.2) is 18.2 Å². The molecule has 0 aliphatic carbocycles. The number of nitrogens with zero attached hydrogens (tertiary/aromatic N) is 1. The average Bonchev–Trinajstić information content (AvgIpc) is 2.95. The van der Waals surface area contributed by atoms with Gasteiger partial charge in [-0.25, -0.2) is 0 Å². The Labute approximate surface area is 136 Å². The topological polar surface area (TPSA) is 67.9 Å². The first-order valence-electron chi connectivity index (χ1n) is 7.85. The Bertz CT molecular complexity index is 566. The van der Waals surface area contributed by atoms with Crippen molar-refractivity contribution in [3.05, 3.63) is 18.2 Å². The minimum atomic E-state index is -0.624. The van der Waals surface area contributed by atoms with E-state index in [4.69, 9.17) is 9.47 Å². The smallest absolute Gasteiger partial charge is 0.239 e. The maximum atomic E-state index is 12.6. The van der Waals surface area contributed by atoms with Gasteiger partial charge in [0.15, 0.2) is 0 Å². The Hall–Kier alpha value is -2.24. The molecule has 0 saturated carbocycles. The van der Waals surface area contributed by atoms with Gasteiger partial charge in [-0.2, -0.15) is 0 Å². The van der Waals surface area contributed by atoms with Crippen LogP contribution in [0.5, 0.6) is 11.5 Å². The second-order valence-electron chi connectivity index (χ2n) is 5.72. The van der Waals surface area contributed by atoms with Crippen molar-refractivity contribution >= 4 is 17.5 Å². The lowest BCUT2D eigenvalue weighted by molar-refractivity contribution is -0.132. The molecule has 1 aliphatic rings. The molecule has 1 fully saturated rings. The Morgan fingerprint density at radius 3 is 2.43 bits per heavy atom. The molecule has 1 aromatic rings. The van der Waals surface area contributed by atoms with Crippen LogP contribution in [0.3, 0.4) is 0 Å². The second-order valence-corrected chi connectivity index (χ2v) is 5.72. The number of carbonyl (C=O) groups is 2. The lowest BCUT2D eigenvalue weighted by Crippen LogP contribution is -2.40. The van der Waals surface area contributed by atoms with Crippen molar-refractivity contribution in [2.75, 3.05) is 25.7 Å². The van der Waals surface area contributed by atoms with Gasteiger partial charge in [-0.15, -0.1) is 0 Å². The normalized spacial score (nSPS) is 18.7. The summed E-state index contributed by atoms with van der Waals surface area (Å²) in [5, 5.41) is 2.88. The van der Waals surface area contributed by atoms with Crippen LogP contribution in [0.25, 0.3) is 0 Å². The summed E-state index contributed by atoms with van der Waals surface area (Å²) in [7, 11) is 3.12. The van der Waals surface area contributed by atoms with Gasteiger partial charge >= 0.3 is 0 Å². The van der Waals surface area contributed by atoms with Crippen LogP contribution in [0, 0.1) is 5.92 Å². The quantitative estimate of drug-likeness (QED) is 0.814. The van der Waals surface area contributed by atoms with E-state index in [-0.39, 0.29) is 17.9 Å². The molecule has 1 heterocycles. The third-order valence-corrected chi connectivity index (χ3v) is 4.17. The second kappa shape index (κ2) is 7.35. The van der Waals surface area contributed by atoms with Gasteiger partial charge in [-0.1, -0.05) is 6.92 Å². The number of benzene rings is 1. The van der Waals surface area contributed by atoms with Crippen LogP contribution in [0.1, 0.15) is 26.7 Å². The lowest BCUT2D eigenvalue weighted by Gasteiger charge is -2.19. The Morgan fingerprint density at radius 1 is 1.30 bits per heavy atom. The number of nitrogens with one attached hydrogen (secondary N) is 1. The summed E-state index contributed by atoms with van der Waals surface area (Å²) in [5.74, 6) is 0.225. The highest BCUT2D eigenvalue weighted by molar-refractivity contribution is 6.09. The van der Waals surface area contributed by atoms with Crippen LogP contribution < -0.4 is 19.7 Å². The van der Waals surface area contributed by atoms with E-state index in [9.17, 15) is 9.59 Å². The van der Waals surface area contributed by atoms with Gasteiger partial charge in [-0.05, 0) is 19.8 Å². The molecule has 0 bridgehead atoms. The van der Waals surface area contributed by atoms with Gasteiger partial charge in [0.25, 0.3) is 0 Å². The van der Waals surface area contributed by atoms with Gasteiger partial charge < -0.3 is 19.7 Å². The first-order valence-corrected chi connectivity index (χ1v) is 7.85. The molecule has 126 valence electrons. The fourth-order valence-electron chi connectivity index (χ4n) is 2.57. The zero-order valence-electron chi connectivity index (χ0n) is 14.1. The predicted molar refractivity (Wildman–Crippen MR) is 87.9 cm³/mol. The molecule has 23 heavy (non-hydrogen) atoms. The highest BCUT2D eigenvalue weighted by atomic mass is 16.5. The summed E-state index contributed by atoms with van der Waals surface area (Å²) in [6.45, 7) is 4.44. The number of hydrogen-bond donors (Lipinski definition) is 1. The highest BCUT2D eigenvalue weighted by Gasteiger charge is 2.38. The van der Waals surface area contributed by atoms with Crippen molar-refractivity contribution in [1.29, 1.82) is 0 Å². The molecule has 0 spiro atoms. The summed E-state index contributed by atoms with van der Waals surface area (Å²) in [6, 6.07) is 5.36. The van der Waals surface area contributed by atoms with Gasteiger partial charge in [0.1, 0.15) is 17.4 Å². The molecule has 6 heteroatoms. The maximum absolute atomic E-state index is 12.6. The van der Waals surface area contributed by atoms with E-state index < -0.39 is 5.92 Å². The molecule has 0 aromatic heterocycles. The van der Waals surface area contributed by atoms with Crippen molar-refractivity contribution in [2.24, 2.45) is 5.92 Å². The monoisotopic (exact) mass is 320 g/mol. The fraction of sp³-hybridized carbons (Fsp3) is 0.529. The summed E-state index contributed by atoms with van der Waals surface area (Å²) in [6.07, 6.45) is 1.35. The minimum Gasteiger partial charge on any atom is -0.497 e. The summed E-state index contributed by atoms with van der Waals surface area (Å²) in [4.78, 5) is 26.5. The van der Waals surface area contributed by atoms with Crippen LogP contribution >= 0.6 is 0 Å². The summed E-state index contributed by atoms with van der Waals surface area (Å²) in [5.41, 5.74) is 0.685. The Kier molecular flexibility index (Phi) is 5.47. The predicted octanol–water partition coefficient (Wildman–Crippen LogP) is 1.97. The van der Waals surface area contributed by atoms with Gasteiger partial charge in [0, 0.05) is 30.8 Å². The van der Waals surface area contributed by atoms with Gasteiger partial charge in [-0.3, -0.25) is 9.59 Å². The average molecular weight is 320 g/mol. The first-order chi connectivity index (χ1) is 11.0. The molecule has 6 nitrogen and oxygen atoms in total. The highest BCUT2D eigenvalue weighted by Crippen LogP contribution is 2.32. The molecule has 1 N–H and O–H groups in total. The van der Waals surface area contributed by atoms with Gasteiger partial charge in [0.05, 0.1) is 19.9 Å².